The highest BCUT2D eigenvalue weighted by molar-refractivity contribution is 5.77. The summed E-state index contributed by atoms with van der Waals surface area (Å²) in [5, 5.41) is 3.17. The van der Waals surface area contributed by atoms with Gasteiger partial charge in [0.15, 0.2) is 0 Å². The number of para-hydroxylation sites is 1. The van der Waals surface area contributed by atoms with Gasteiger partial charge in [-0.1, -0.05) is 50.1 Å². The first-order valence-corrected chi connectivity index (χ1v) is 8.90. The second-order valence-electron chi connectivity index (χ2n) is 6.23. The summed E-state index contributed by atoms with van der Waals surface area (Å²) in [4.78, 5) is 12.4. The molecule has 2 aromatic rings. The van der Waals surface area contributed by atoms with E-state index in [1.807, 2.05) is 48.5 Å². The number of hydrogen-bond acceptors (Lipinski definition) is 3. The maximum atomic E-state index is 12.4. The second kappa shape index (κ2) is 9.72. The predicted molar refractivity (Wildman–Crippen MR) is 103 cm³/mol. The number of nitrogen functional groups attached to an aromatic ring is 1. The summed E-state index contributed by atoms with van der Waals surface area (Å²) in [5.41, 5.74) is 8.83. The molecular formula is C21H28N2O2. The molecule has 3 N–H and O–H groups in total. The number of nitrogens with two attached hydrogens (primary N) is 1. The van der Waals surface area contributed by atoms with Crippen LogP contribution in [0.3, 0.4) is 0 Å². The van der Waals surface area contributed by atoms with E-state index < -0.39 is 0 Å². The molecule has 0 saturated heterocycles. The fourth-order valence-corrected chi connectivity index (χ4v) is 2.84. The Morgan fingerprint density at radius 1 is 1.16 bits per heavy atom. The Hall–Kier alpha value is -2.49. The number of carbonyl (C=O) groups excluding carboxylic acids is 1. The number of benzene rings is 2. The second-order valence-corrected chi connectivity index (χ2v) is 6.23. The van der Waals surface area contributed by atoms with Gasteiger partial charge in [0, 0.05) is 12.1 Å². The lowest BCUT2D eigenvalue weighted by molar-refractivity contribution is -0.121. The lowest BCUT2D eigenvalue weighted by Crippen LogP contribution is -2.28. The van der Waals surface area contributed by atoms with Crippen LogP contribution in [0, 0.1) is 0 Å². The van der Waals surface area contributed by atoms with Gasteiger partial charge in [-0.2, -0.15) is 0 Å². The Bertz CT molecular complexity index is 668. The van der Waals surface area contributed by atoms with Crippen molar-refractivity contribution in [2.75, 3.05) is 12.8 Å². The average Bonchev–Trinajstić information content (AvgIpc) is 2.64. The number of aryl methyl sites for hydroxylation is 1. The van der Waals surface area contributed by atoms with E-state index in [1.54, 1.807) is 7.11 Å². The van der Waals surface area contributed by atoms with Gasteiger partial charge in [0.05, 0.1) is 13.2 Å². The van der Waals surface area contributed by atoms with Crippen molar-refractivity contribution in [1.82, 2.24) is 5.32 Å². The van der Waals surface area contributed by atoms with E-state index >= 15 is 0 Å². The zero-order chi connectivity index (χ0) is 18.1. The fraction of sp³-hybridized carbons (Fsp3) is 0.381. The first-order valence-electron chi connectivity index (χ1n) is 8.90. The van der Waals surface area contributed by atoms with Crippen molar-refractivity contribution in [3.8, 4) is 5.75 Å². The molecule has 1 atom stereocenters. The van der Waals surface area contributed by atoms with Gasteiger partial charge in [0.2, 0.25) is 5.91 Å². The molecule has 0 aliphatic carbocycles. The van der Waals surface area contributed by atoms with Gasteiger partial charge in [-0.3, -0.25) is 4.79 Å². The van der Waals surface area contributed by atoms with Crippen molar-refractivity contribution >= 4 is 11.6 Å². The minimum absolute atomic E-state index is 0.0338. The molecule has 0 saturated carbocycles. The zero-order valence-corrected chi connectivity index (χ0v) is 15.1. The largest absolute Gasteiger partial charge is 0.497 e. The molecule has 1 amide bonds. The number of unbranched alkanes of at least 4 members (excludes halogenated alkanes) is 1. The van der Waals surface area contributed by atoms with Crippen molar-refractivity contribution in [2.24, 2.45) is 0 Å². The summed E-state index contributed by atoms with van der Waals surface area (Å²) in [6, 6.07) is 15.6. The Labute approximate surface area is 150 Å². The molecule has 4 nitrogen and oxygen atoms in total. The number of amides is 1. The highest BCUT2D eigenvalue weighted by Gasteiger charge is 2.14. The van der Waals surface area contributed by atoms with E-state index in [4.69, 9.17) is 10.5 Å². The van der Waals surface area contributed by atoms with Gasteiger partial charge < -0.3 is 15.8 Å². The van der Waals surface area contributed by atoms with Crippen molar-refractivity contribution in [1.29, 1.82) is 0 Å². The molecule has 4 heteroatoms. The number of ether oxygens (including phenoxy) is 1. The number of hydrogen-bond donors (Lipinski definition) is 2. The molecule has 2 rings (SSSR count). The molecule has 0 aromatic heterocycles. The third kappa shape index (κ3) is 5.82. The van der Waals surface area contributed by atoms with Gasteiger partial charge in [0.25, 0.3) is 0 Å². The van der Waals surface area contributed by atoms with Crippen LogP contribution in [-0.4, -0.2) is 13.0 Å². The molecular weight excluding hydrogens is 312 g/mol. The minimum atomic E-state index is 0.0338. The van der Waals surface area contributed by atoms with Crippen LogP contribution in [0.15, 0.2) is 48.5 Å². The average molecular weight is 340 g/mol. The predicted octanol–water partition coefficient (Wildman–Crippen LogP) is 4.26. The molecule has 0 spiro atoms. The first kappa shape index (κ1) is 18.8. The fourth-order valence-electron chi connectivity index (χ4n) is 2.84. The lowest BCUT2D eigenvalue weighted by atomic mass is 10.00. The molecule has 134 valence electrons. The van der Waals surface area contributed by atoms with Crippen LogP contribution in [0.1, 0.15) is 49.8 Å². The quantitative estimate of drug-likeness (QED) is 0.671. The van der Waals surface area contributed by atoms with Crippen LogP contribution >= 0.6 is 0 Å². The molecule has 0 heterocycles. The topological polar surface area (TPSA) is 64.4 Å². The standard InChI is InChI=1S/C21H28N2O2/c1-3-4-9-20(17-10-13-18(25-2)14-11-17)23-21(24)15-12-16-7-5-6-8-19(16)22/h5-8,10-11,13-14,20H,3-4,9,12,15,22H2,1-2H3,(H,23,24). The van der Waals surface area contributed by atoms with E-state index in [2.05, 4.69) is 12.2 Å². The van der Waals surface area contributed by atoms with E-state index in [-0.39, 0.29) is 11.9 Å². The van der Waals surface area contributed by atoms with Gasteiger partial charge in [0.1, 0.15) is 5.75 Å². The molecule has 0 aliphatic rings. The van der Waals surface area contributed by atoms with Gasteiger partial charge in [-0.25, -0.2) is 0 Å². The number of methoxy groups -OCH3 is 1. The summed E-state index contributed by atoms with van der Waals surface area (Å²) in [7, 11) is 1.65. The number of rotatable bonds is 9. The smallest absolute Gasteiger partial charge is 0.220 e. The number of nitrogens with one attached hydrogen (secondary N) is 1. The highest BCUT2D eigenvalue weighted by atomic mass is 16.5. The molecule has 1 unspecified atom stereocenters. The van der Waals surface area contributed by atoms with Crippen molar-refractivity contribution < 1.29 is 9.53 Å². The van der Waals surface area contributed by atoms with Crippen molar-refractivity contribution in [3.63, 3.8) is 0 Å². The number of anilines is 1. The molecule has 0 bridgehead atoms. The minimum Gasteiger partial charge on any atom is -0.497 e. The molecule has 0 radical (unpaired) electrons. The van der Waals surface area contributed by atoms with Gasteiger partial charge >= 0.3 is 0 Å². The summed E-state index contributed by atoms with van der Waals surface area (Å²) in [6.07, 6.45) is 4.20. The maximum absolute atomic E-state index is 12.4. The Balaban J connectivity index is 1.97. The van der Waals surface area contributed by atoms with Crippen molar-refractivity contribution in [2.45, 2.75) is 45.1 Å². The van der Waals surface area contributed by atoms with E-state index in [0.29, 0.717) is 12.8 Å². The zero-order valence-electron chi connectivity index (χ0n) is 15.1. The summed E-state index contributed by atoms with van der Waals surface area (Å²) in [5.74, 6) is 0.879. The summed E-state index contributed by atoms with van der Waals surface area (Å²) in [6.45, 7) is 2.16. The molecule has 0 aliphatic heterocycles. The van der Waals surface area contributed by atoms with E-state index in [0.717, 1.165) is 41.8 Å². The molecule has 25 heavy (non-hydrogen) atoms. The lowest BCUT2D eigenvalue weighted by Gasteiger charge is -2.19. The van der Waals surface area contributed by atoms with Crippen molar-refractivity contribution in [3.05, 3.63) is 59.7 Å². The van der Waals surface area contributed by atoms with Gasteiger partial charge in [-0.05, 0) is 42.2 Å². The van der Waals surface area contributed by atoms with E-state index in [1.165, 1.54) is 0 Å². The van der Waals surface area contributed by atoms with Gasteiger partial charge in [-0.15, -0.1) is 0 Å². The Morgan fingerprint density at radius 3 is 2.52 bits per heavy atom. The van der Waals surface area contributed by atoms with Crippen LogP contribution < -0.4 is 15.8 Å². The normalized spacial score (nSPS) is 11.8. The highest BCUT2D eigenvalue weighted by Crippen LogP contribution is 2.22. The van der Waals surface area contributed by atoms with Crippen LogP contribution in [0.2, 0.25) is 0 Å². The maximum Gasteiger partial charge on any atom is 0.220 e. The van der Waals surface area contributed by atoms with Crippen LogP contribution in [0.5, 0.6) is 5.75 Å². The Morgan fingerprint density at radius 2 is 1.88 bits per heavy atom. The summed E-state index contributed by atoms with van der Waals surface area (Å²) < 4.78 is 5.21. The monoisotopic (exact) mass is 340 g/mol. The SMILES string of the molecule is CCCCC(NC(=O)CCc1ccccc1N)c1ccc(OC)cc1. The van der Waals surface area contributed by atoms with Crippen LogP contribution in [0.4, 0.5) is 5.69 Å². The van der Waals surface area contributed by atoms with E-state index in [9.17, 15) is 4.79 Å². The first-order chi connectivity index (χ1) is 12.1. The molecule has 2 aromatic carbocycles. The van der Waals surface area contributed by atoms with Crippen LogP contribution in [0.25, 0.3) is 0 Å². The molecule has 0 fully saturated rings. The van der Waals surface area contributed by atoms with Crippen LogP contribution in [-0.2, 0) is 11.2 Å². The number of carbonyl (C=O) groups is 1. The third-order valence-electron chi connectivity index (χ3n) is 4.38. The third-order valence-corrected chi connectivity index (χ3v) is 4.38. The Kier molecular flexibility index (Phi) is 7.33. The summed E-state index contributed by atoms with van der Waals surface area (Å²) >= 11 is 0.